The summed E-state index contributed by atoms with van der Waals surface area (Å²) < 4.78 is 27.1. The Morgan fingerprint density at radius 1 is 1.36 bits per heavy atom. The number of imidazole rings is 1. The monoisotopic (exact) mass is 384 g/mol. The fourth-order valence-corrected chi connectivity index (χ4v) is 3.43. The molecule has 3 aromatic rings. The number of aryl methyl sites for hydroxylation is 1. The van der Waals surface area contributed by atoms with Crippen molar-refractivity contribution in [1.29, 1.82) is 0 Å². The average Bonchev–Trinajstić information content (AvgIpc) is 3.27. The molecule has 8 heteroatoms. The van der Waals surface area contributed by atoms with E-state index in [0.29, 0.717) is 35.6 Å². The molecule has 1 aliphatic heterocycles. The van der Waals surface area contributed by atoms with Gasteiger partial charge in [0.2, 0.25) is 11.8 Å². The van der Waals surface area contributed by atoms with E-state index in [-0.39, 0.29) is 23.7 Å². The number of halogens is 1. The average molecular weight is 384 g/mol. The molecule has 0 radical (unpaired) electrons. The third kappa shape index (κ3) is 3.26. The minimum atomic E-state index is -0.464. The minimum Gasteiger partial charge on any atom is -0.494 e. The second kappa shape index (κ2) is 7.10. The largest absolute Gasteiger partial charge is 0.494 e. The number of ether oxygens (including phenoxy) is 2. The number of carbonyl (C=O) groups is 1. The van der Waals surface area contributed by atoms with E-state index in [2.05, 4.69) is 15.3 Å². The third-order valence-electron chi connectivity index (χ3n) is 5.08. The Labute approximate surface area is 161 Å². The fourth-order valence-electron chi connectivity index (χ4n) is 3.43. The predicted molar refractivity (Wildman–Crippen MR) is 102 cm³/mol. The van der Waals surface area contributed by atoms with E-state index in [9.17, 15) is 9.18 Å². The first kappa shape index (κ1) is 18.2. The lowest BCUT2D eigenvalue weighted by molar-refractivity contribution is -0.119. The fraction of sp³-hybridized carbons (Fsp3) is 0.350. The van der Waals surface area contributed by atoms with Crippen molar-refractivity contribution >= 4 is 16.9 Å². The lowest BCUT2D eigenvalue weighted by atomic mass is 10.0. The summed E-state index contributed by atoms with van der Waals surface area (Å²) in [6.45, 7) is 2.51. The Bertz CT molecular complexity index is 1050. The maximum atomic E-state index is 14.2. The molecule has 2 atom stereocenters. The lowest BCUT2D eigenvalue weighted by Gasteiger charge is -2.20. The Morgan fingerprint density at radius 3 is 2.86 bits per heavy atom. The number of rotatable bonds is 5. The highest BCUT2D eigenvalue weighted by atomic mass is 19.1. The molecule has 146 valence electrons. The molecule has 1 aliphatic rings. The van der Waals surface area contributed by atoms with Crippen LogP contribution in [0.1, 0.15) is 13.3 Å². The van der Waals surface area contributed by atoms with E-state index >= 15 is 0 Å². The van der Waals surface area contributed by atoms with Crippen LogP contribution in [0, 0.1) is 11.7 Å². The number of amides is 1. The first-order valence-corrected chi connectivity index (χ1v) is 9.05. The highest BCUT2D eigenvalue weighted by Crippen LogP contribution is 2.32. The van der Waals surface area contributed by atoms with Crippen LogP contribution in [0.2, 0.25) is 0 Å². The molecule has 0 unspecified atom stereocenters. The number of hydrogen-bond donors (Lipinski definition) is 1. The summed E-state index contributed by atoms with van der Waals surface area (Å²) in [5, 5.41) is 2.82. The number of benzene rings is 1. The van der Waals surface area contributed by atoms with Crippen molar-refractivity contribution in [3.8, 4) is 22.9 Å². The van der Waals surface area contributed by atoms with Gasteiger partial charge in [-0.15, -0.1) is 0 Å². The normalized spacial score (nSPS) is 17.6. The summed E-state index contributed by atoms with van der Waals surface area (Å²) in [6.07, 6.45) is 1.90. The number of carbonyl (C=O) groups excluding carboxylic acids is 1. The van der Waals surface area contributed by atoms with Crippen molar-refractivity contribution < 1.29 is 18.7 Å². The number of nitrogens with one attached hydrogen (secondary N) is 1. The maximum Gasteiger partial charge on any atom is 0.241 e. The number of nitrogens with zero attached hydrogens (tertiary/aromatic N) is 3. The molecular weight excluding hydrogens is 363 g/mol. The van der Waals surface area contributed by atoms with Crippen molar-refractivity contribution in [3.05, 3.63) is 36.4 Å². The van der Waals surface area contributed by atoms with E-state index in [0.717, 1.165) is 5.52 Å². The lowest BCUT2D eigenvalue weighted by Crippen LogP contribution is -2.26. The quantitative estimate of drug-likeness (QED) is 0.732. The third-order valence-corrected chi connectivity index (χ3v) is 5.08. The number of fused-ring (bicyclic) bond motifs is 1. The van der Waals surface area contributed by atoms with Gasteiger partial charge in [-0.25, -0.2) is 14.4 Å². The van der Waals surface area contributed by atoms with Crippen LogP contribution in [-0.4, -0.2) is 40.2 Å². The molecule has 28 heavy (non-hydrogen) atoms. The van der Waals surface area contributed by atoms with Crippen LogP contribution in [0.5, 0.6) is 11.6 Å². The Balaban J connectivity index is 1.73. The van der Waals surface area contributed by atoms with Crippen molar-refractivity contribution in [2.75, 3.05) is 13.7 Å². The molecule has 1 saturated heterocycles. The molecule has 1 amide bonds. The summed E-state index contributed by atoms with van der Waals surface area (Å²) in [6, 6.07) is 6.48. The molecule has 0 saturated carbocycles. The molecular formula is C20H21FN4O3. The molecule has 0 aliphatic carbocycles. The Morgan fingerprint density at radius 2 is 2.18 bits per heavy atom. The SMILES string of the molecule is COc1ccc(-c2cc3ncn(C)c3c(O[C@H](C)[C@H]3CNC(=O)C3)n2)cc1F. The van der Waals surface area contributed by atoms with Crippen LogP contribution < -0.4 is 14.8 Å². The van der Waals surface area contributed by atoms with E-state index in [1.807, 2.05) is 18.5 Å². The van der Waals surface area contributed by atoms with Crippen LogP contribution in [0.15, 0.2) is 30.6 Å². The predicted octanol–water partition coefficient (Wildman–Crippen LogP) is 2.69. The summed E-state index contributed by atoms with van der Waals surface area (Å²) in [5.41, 5.74) is 2.60. The van der Waals surface area contributed by atoms with Crippen LogP contribution >= 0.6 is 0 Å². The zero-order valence-electron chi connectivity index (χ0n) is 15.9. The van der Waals surface area contributed by atoms with Gasteiger partial charge in [-0.3, -0.25) is 4.79 Å². The highest BCUT2D eigenvalue weighted by molar-refractivity contribution is 5.84. The number of hydrogen-bond acceptors (Lipinski definition) is 5. The molecule has 4 rings (SSSR count). The van der Waals surface area contributed by atoms with Crippen molar-refractivity contribution in [1.82, 2.24) is 19.9 Å². The van der Waals surface area contributed by atoms with Crippen molar-refractivity contribution in [3.63, 3.8) is 0 Å². The van der Waals surface area contributed by atoms with Gasteiger partial charge in [0.15, 0.2) is 11.6 Å². The maximum absolute atomic E-state index is 14.2. The highest BCUT2D eigenvalue weighted by Gasteiger charge is 2.29. The van der Waals surface area contributed by atoms with E-state index < -0.39 is 5.82 Å². The second-order valence-electron chi connectivity index (χ2n) is 6.98. The second-order valence-corrected chi connectivity index (χ2v) is 6.98. The number of methoxy groups -OCH3 is 1. The topological polar surface area (TPSA) is 78.3 Å². The first-order valence-electron chi connectivity index (χ1n) is 9.05. The standard InChI is InChI=1S/C20H21FN4O3/c1-11(13-7-18(26)22-9-13)28-20-19-16(23-10-25(19)2)8-15(24-20)12-4-5-17(27-3)14(21)6-12/h4-6,8,10-11,13H,7,9H2,1-3H3,(H,22,26)/t11-,13-/m1/s1. The summed E-state index contributed by atoms with van der Waals surface area (Å²) in [7, 11) is 3.29. The van der Waals surface area contributed by atoms with Gasteiger partial charge in [-0.2, -0.15) is 0 Å². The van der Waals surface area contributed by atoms with Gasteiger partial charge < -0.3 is 19.4 Å². The van der Waals surface area contributed by atoms with Crippen molar-refractivity contribution in [2.24, 2.45) is 13.0 Å². The molecule has 1 fully saturated rings. The zero-order valence-corrected chi connectivity index (χ0v) is 15.9. The van der Waals surface area contributed by atoms with Gasteiger partial charge in [0.05, 0.1) is 24.6 Å². The van der Waals surface area contributed by atoms with Crippen LogP contribution in [0.25, 0.3) is 22.3 Å². The zero-order chi connectivity index (χ0) is 19.8. The van der Waals surface area contributed by atoms with Gasteiger partial charge in [-0.1, -0.05) is 0 Å². The smallest absolute Gasteiger partial charge is 0.241 e. The minimum absolute atomic E-state index is 0.0292. The number of pyridine rings is 1. The molecule has 0 spiro atoms. The summed E-state index contributed by atoms with van der Waals surface area (Å²) in [4.78, 5) is 20.5. The summed E-state index contributed by atoms with van der Waals surface area (Å²) >= 11 is 0. The summed E-state index contributed by atoms with van der Waals surface area (Å²) in [5.74, 6) is 0.220. The van der Waals surface area contributed by atoms with E-state index in [1.54, 1.807) is 24.5 Å². The first-order chi connectivity index (χ1) is 13.5. The molecule has 7 nitrogen and oxygen atoms in total. The number of aromatic nitrogens is 3. The molecule has 3 heterocycles. The van der Waals surface area contributed by atoms with Gasteiger partial charge in [0.1, 0.15) is 11.6 Å². The van der Waals surface area contributed by atoms with Crippen LogP contribution in [0.3, 0.4) is 0 Å². The van der Waals surface area contributed by atoms with Gasteiger partial charge in [0, 0.05) is 31.5 Å². The van der Waals surface area contributed by atoms with Crippen LogP contribution in [-0.2, 0) is 11.8 Å². The van der Waals surface area contributed by atoms with Crippen molar-refractivity contribution in [2.45, 2.75) is 19.4 Å². The molecule has 1 N–H and O–H groups in total. The molecule has 0 bridgehead atoms. The molecule has 1 aromatic carbocycles. The molecule has 2 aromatic heterocycles. The van der Waals surface area contributed by atoms with E-state index in [4.69, 9.17) is 9.47 Å². The van der Waals surface area contributed by atoms with Gasteiger partial charge >= 0.3 is 0 Å². The van der Waals surface area contributed by atoms with Gasteiger partial charge in [-0.05, 0) is 31.2 Å². The van der Waals surface area contributed by atoms with Crippen LogP contribution in [0.4, 0.5) is 4.39 Å². The Hall–Kier alpha value is -3.16. The van der Waals surface area contributed by atoms with Gasteiger partial charge in [0.25, 0.3) is 0 Å². The Kier molecular flexibility index (Phi) is 4.62. The van der Waals surface area contributed by atoms with E-state index in [1.165, 1.54) is 13.2 Å².